The first-order valence-corrected chi connectivity index (χ1v) is 7.76. The molecule has 0 radical (unpaired) electrons. The summed E-state index contributed by atoms with van der Waals surface area (Å²) in [5.74, 6) is -0.175. The van der Waals surface area contributed by atoms with E-state index in [0.717, 1.165) is 16.3 Å². The van der Waals surface area contributed by atoms with Crippen LogP contribution in [-0.4, -0.2) is 6.54 Å². The maximum Gasteiger partial charge on any atom is 0.129 e. The fourth-order valence-electron chi connectivity index (χ4n) is 2.09. The summed E-state index contributed by atoms with van der Waals surface area (Å²) >= 11 is 7.53. The van der Waals surface area contributed by atoms with E-state index in [1.165, 1.54) is 17.8 Å². The van der Waals surface area contributed by atoms with Gasteiger partial charge in [0.15, 0.2) is 0 Å². The van der Waals surface area contributed by atoms with E-state index < -0.39 is 0 Å². The number of rotatable bonds is 5. The molecule has 1 unspecified atom stereocenters. The highest BCUT2D eigenvalue weighted by Crippen LogP contribution is 2.35. The minimum Gasteiger partial charge on any atom is -0.310 e. The summed E-state index contributed by atoms with van der Waals surface area (Å²) in [5, 5.41) is 3.95. The zero-order valence-electron chi connectivity index (χ0n) is 11.5. The molecule has 1 N–H and O–H groups in total. The minimum absolute atomic E-state index is 0.0251. The van der Waals surface area contributed by atoms with Crippen LogP contribution in [-0.2, 0) is 0 Å². The molecule has 0 bridgehead atoms. The van der Waals surface area contributed by atoms with Crippen LogP contribution in [0.3, 0.4) is 0 Å². The molecule has 0 aliphatic rings. The lowest BCUT2D eigenvalue weighted by Crippen LogP contribution is -2.19. The Labute approximate surface area is 128 Å². The Morgan fingerprint density at radius 1 is 1.25 bits per heavy atom. The van der Waals surface area contributed by atoms with Gasteiger partial charge in [-0.2, -0.15) is 0 Å². The Hall–Kier alpha value is -1.03. The number of hydrogen-bond donors (Lipinski definition) is 1. The summed E-state index contributed by atoms with van der Waals surface area (Å²) in [5.41, 5.74) is 0.708. The van der Waals surface area contributed by atoms with Crippen LogP contribution in [0.4, 0.5) is 4.39 Å². The van der Waals surface area contributed by atoms with Crippen molar-refractivity contribution in [2.45, 2.75) is 29.7 Å². The van der Waals surface area contributed by atoms with Crippen molar-refractivity contribution in [3.8, 4) is 0 Å². The lowest BCUT2D eigenvalue weighted by atomic mass is 10.1. The number of hydrogen-bond acceptors (Lipinski definition) is 2. The van der Waals surface area contributed by atoms with Crippen molar-refractivity contribution in [3.63, 3.8) is 0 Å². The van der Waals surface area contributed by atoms with Gasteiger partial charge in [0.1, 0.15) is 5.82 Å². The van der Waals surface area contributed by atoms with E-state index in [4.69, 9.17) is 11.6 Å². The van der Waals surface area contributed by atoms with E-state index in [9.17, 15) is 4.39 Å². The second kappa shape index (κ2) is 7.11. The molecule has 20 heavy (non-hydrogen) atoms. The summed E-state index contributed by atoms with van der Waals surface area (Å²) in [6.07, 6.45) is 0. The van der Waals surface area contributed by atoms with Crippen molar-refractivity contribution in [3.05, 3.63) is 58.9 Å². The van der Waals surface area contributed by atoms with Gasteiger partial charge in [-0.3, -0.25) is 0 Å². The smallest absolute Gasteiger partial charge is 0.129 e. The van der Waals surface area contributed by atoms with E-state index in [-0.39, 0.29) is 11.9 Å². The van der Waals surface area contributed by atoms with Crippen LogP contribution in [0.1, 0.15) is 25.5 Å². The van der Waals surface area contributed by atoms with Crippen molar-refractivity contribution >= 4 is 23.4 Å². The van der Waals surface area contributed by atoms with Crippen LogP contribution < -0.4 is 5.32 Å². The molecule has 0 aliphatic carbocycles. The third-order valence-corrected chi connectivity index (χ3v) is 4.28. The Kier molecular flexibility index (Phi) is 5.46. The first-order chi connectivity index (χ1) is 9.61. The second-order valence-electron chi connectivity index (χ2n) is 4.49. The highest BCUT2D eigenvalue weighted by Gasteiger charge is 2.15. The number of benzene rings is 2. The maximum atomic E-state index is 14.1. The summed E-state index contributed by atoms with van der Waals surface area (Å²) in [4.78, 5) is 1.92. The standard InChI is InChI=1S/C16H17ClFNS/c1-3-19-11(2)16-14(18)8-5-9-15(16)20-13-7-4-6-12(17)10-13/h4-11,19H,3H2,1-2H3. The molecule has 0 saturated heterocycles. The topological polar surface area (TPSA) is 12.0 Å². The van der Waals surface area contributed by atoms with Gasteiger partial charge in [-0.15, -0.1) is 0 Å². The molecule has 0 aromatic heterocycles. The third-order valence-electron chi connectivity index (χ3n) is 2.98. The molecular weight excluding hydrogens is 293 g/mol. The molecule has 0 spiro atoms. The zero-order valence-corrected chi connectivity index (χ0v) is 13.1. The van der Waals surface area contributed by atoms with Gasteiger partial charge in [0.05, 0.1) is 0 Å². The quantitative estimate of drug-likeness (QED) is 0.804. The SMILES string of the molecule is CCNC(C)c1c(F)cccc1Sc1cccc(Cl)c1. The summed E-state index contributed by atoms with van der Waals surface area (Å²) in [6, 6.07) is 12.8. The van der Waals surface area contributed by atoms with Crippen LogP contribution >= 0.6 is 23.4 Å². The molecule has 2 rings (SSSR count). The van der Waals surface area contributed by atoms with Gasteiger partial charge in [-0.1, -0.05) is 42.4 Å². The molecule has 0 saturated carbocycles. The highest BCUT2D eigenvalue weighted by atomic mass is 35.5. The molecule has 0 aliphatic heterocycles. The molecule has 2 aromatic rings. The Morgan fingerprint density at radius 2 is 2.00 bits per heavy atom. The Morgan fingerprint density at radius 3 is 2.70 bits per heavy atom. The van der Waals surface area contributed by atoms with E-state index in [2.05, 4.69) is 5.32 Å². The highest BCUT2D eigenvalue weighted by molar-refractivity contribution is 7.99. The molecular formula is C16H17ClFNS. The molecule has 0 heterocycles. The van der Waals surface area contributed by atoms with Crippen LogP contribution in [0.5, 0.6) is 0 Å². The van der Waals surface area contributed by atoms with E-state index in [1.54, 1.807) is 6.07 Å². The molecule has 106 valence electrons. The van der Waals surface area contributed by atoms with Crippen molar-refractivity contribution in [2.75, 3.05) is 6.54 Å². The molecule has 1 atom stereocenters. The molecule has 0 amide bonds. The van der Waals surface area contributed by atoms with Crippen LogP contribution in [0.25, 0.3) is 0 Å². The van der Waals surface area contributed by atoms with Gasteiger partial charge in [0.2, 0.25) is 0 Å². The van der Waals surface area contributed by atoms with Crippen LogP contribution in [0, 0.1) is 5.82 Å². The molecule has 4 heteroatoms. The number of nitrogens with one attached hydrogen (secondary N) is 1. The Bertz CT molecular complexity index is 588. The van der Waals surface area contributed by atoms with Gasteiger partial charge in [-0.25, -0.2) is 4.39 Å². The van der Waals surface area contributed by atoms with Gasteiger partial charge < -0.3 is 5.32 Å². The van der Waals surface area contributed by atoms with Gasteiger partial charge in [0, 0.05) is 26.4 Å². The Balaban J connectivity index is 2.34. The van der Waals surface area contributed by atoms with Gasteiger partial charge >= 0.3 is 0 Å². The summed E-state index contributed by atoms with van der Waals surface area (Å²) < 4.78 is 14.1. The number of halogens is 2. The lowest BCUT2D eigenvalue weighted by molar-refractivity contribution is 0.531. The van der Waals surface area contributed by atoms with Gasteiger partial charge in [0.25, 0.3) is 0 Å². The normalized spacial score (nSPS) is 12.4. The third kappa shape index (κ3) is 3.75. The molecule has 1 nitrogen and oxygen atoms in total. The second-order valence-corrected chi connectivity index (χ2v) is 6.04. The first-order valence-electron chi connectivity index (χ1n) is 6.57. The van der Waals surface area contributed by atoms with Crippen molar-refractivity contribution in [2.24, 2.45) is 0 Å². The van der Waals surface area contributed by atoms with E-state index in [1.807, 2.05) is 44.2 Å². The lowest BCUT2D eigenvalue weighted by Gasteiger charge is -2.17. The minimum atomic E-state index is -0.175. The first kappa shape index (κ1) is 15.4. The maximum absolute atomic E-state index is 14.1. The van der Waals surface area contributed by atoms with Crippen molar-refractivity contribution < 1.29 is 4.39 Å². The van der Waals surface area contributed by atoms with E-state index in [0.29, 0.717) is 10.6 Å². The monoisotopic (exact) mass is 309 g/mol. The zero-order chi connectivity index (χ0) is 14.5. The average molecular weight is 310 g/mol. The fraction of sp³-hybridized carbons (Fsp3) is 0.250. The van der Waals surface area contributed by atoms with Crippen LogP contribution in [0.2, 0.25) is 5.02 Å². The average Bonchev–Trinajstić information content (AvgIpc) is 2.39. The van der Waals surface area contributed by atoms with Crippen molar-refractivity contribution in [1.82, 2.24) is 5.32 Å². The molecule has 2 aromatic carbocycles. The summed E-state index contributed by atoms with van der Waals surface area (Å²) in [7, 11) is 0. The van der Waals surface area contributed by atoms with Gasteiger partial charge in [-0.05, 0) is 43.8 Å². The van der Waals surface area contributed by atoms with Crippen molar-refractivity contribution in [1.29, 1.82) is 0 Å². The molecule has 0 fully saturated rings. The predicted molar refractivity (Wildman–Crippen MR) is 84.1 cm³/mol. The predicted octanol–water partition coefficient (Wildman–Crippen LogP) is 5.30. The fourth-order valence-corrected chi connectivity index (χ4v) is 3.46. The summed E-state index contributed by atoms with van der Waals surface area (Å²) in [6.45, 7) is 4.79. The largest absolute Gasteiger partial charge is 0.310 e. The van der Waals surface area contributed by atoms with E-state index >= 15 is 0 Å². The van der Waals surface area contributed by atoms with Crippen LogP contribution in [0.15, 0.2) is 52.3 Å².